The molecule has 0 aromatic carbocycles. The third kappa shape index (κ3) is 14.0. The number of esters is 2. The molecule has 5 N–H and O–H groups in total. The highest BCUT2D eigenvalue weighted by Gasteiger charge is 2.65. The van der Waals surface area contributed by atoms with Crippen LogP contribution in [0.1, 0.15) is 147 Å². The molecule has 1 spiro atoms. The first kappa shape index (κ1) is 70.7. The van der Waals surface area contributed by atoms with Crippen molar-refractivity contribution in [3.05, 3.63) is 68.5 Å². The maximum atomic E-state index is 15.6. The number of Topliss-reactive ketones (excluding diaryl/α,β-unsaturated/α-hetero) is 1. The highest BCUT2D eigenvalue weighted by molar-refractivity contribution is 6.26. The van der Waals surface area contributed by atoms with Crippen molar-refractivity contribution in [2.45, 2.75) is 281 Å². The van der Waals surface area contributed by atoms with Gasteiger partial charge in [-0.1, -0.05) is 50.6 Å². The average molecular weight is 1310 g/mol. The second-order valence-corrected chi connectivity index (χ2v) is 28.2. The summed E-state index contributed by atoms with van der Waals surface area (Å²) in [5, 5.41) is 62.0. The minimum Gasteiger partial charge on any atom is -0.511 e. The van der Waals surface area contributed by atoms with Crippen LogP contribution in [0.3, 0.4) is 0 Å². The molecule has 18 unspecified atom stereocenters. The number of nitrogens with zero attached hydrogens (tertiary/aromatic N) is 1. The fraction of sp³-hybridized carbons (Fsp3) is 0.776. The van der Waals surface area contributed by atoms with Crippen molar-refractivity contribution in [3.63, 3.8) is 0 Å². The Morgan fingerprint density at radius 1 is 0.720 bits per heavy atom. The van der Waals surface area contributed by atoms with Gasteiger partial charge in [0.1, 0.15) is 35.9 Å². The number of aldehydes is 1. The molecular formula is C67H96N2O24. The second kappa shape index (κ2) is 28.2. The summed E-state index contributed by atoms with van der Waals surface area (Å²) in [6.45, 7) is 21.0. The number of amides is 1. The van der Waals surface area contributed by atoms with Crippen LogP contribution in [-0.4, -0.2) is 197 Å². The molecule has 93 heavy (non-hydrogen) atoms. The molecule has 26 heteroatoms. The van der Waals surface area contributed by atoms with E-state index in [1.165, 1.54) is 19.9 Å². The van der Waals surface area contributed by atoms with Gasteiger partial charge in [-0.3, -0.25) is 24.5 Å². The average Bonchev–Trinajstić information content (AvgIpc) is 1.68. The molecule has 6 heterocycles. The van der Waals surface area contributed by atoms with Gasteiger partial charge in [-0.2, -0.15) is 0 Å². The van der Waals surface area contributed by atoms with Gasteiger partial charge in [0.2, 0.25) is 11.3 Å². The summed E-state index contributed by atoms with van der Waals surface area (Å²) in [6, 6.07) is -1.12. The van der Waals surface area contributed by atoms with E-state index in [1.807, 2.05) is 39.8 Å². The number of nitrogens with one attached hydrogen (secondary N) is 1. The number of hydrogen-bond acceptors (Lipinski definition) is 24. The lowest BCUT2D eigenvalue weighted by Crippen LogP contribution is -2.65. The largest absolute Gasteiger partial charge is 0.511 e. The number of carbonyl (C=O) groups excluding carboxylic acids is 5. The summed E-state index contributed by atoms with van der Waals surface area (Å²) in [7, 11) is 1.15. The minimum absolute atomic E-state index is 0.00196. The van der Waals surface area contributed by atoms with Crippen molar-refractivity contribution in [2.75, 3.05) is 7.11 Å². The summed E-state index contributed by atoms with van der Waals surface area (Å²) in [4.78, 5) is 80.4. The predicted molar refractivity (Wildman–Crippen MR) is 325 cm³/mol. The van der Waals surface area contributed by atoms with E-state index in [4.69, 9.17) is 61.6 Å². The first-order valence-corrected chi connectivity index (χ1v) is 33.1. The monoisotopic (exact) mass is 1310 g/mol. The Bertz CT molecular complexity index is 2960. The second-order valence-electron chi connectivity index (χ2n) is 28.2. The van der Waals surface area contributed by atoms with Gasteiger partial charge < -0.3 is 87.3 Å². The van der Waals surface area contributed by atoms with Crippen LogP contribution in [0.25, 0.3) is 0 Å². The predicted octanol–water partition coefficient (Wildman–Crippen LogP) is 6.36. The van der Waals surface area contributed by atoms with E-state index in [-0.39, 0.29) is 43.1 Å². The molecule has 1 amide bonds. The summed E-state index contributed by atoms with van der Waals surface area (Å²) >= 11 is 0. The van der Waals surface area contributed by atoms with Gasteiger partial charge in [0, 0.05) is 68.1 Å². The van der Waals surface area contributed by atoms with E-state index in [9.17, 15) is 49.7 Å². The highest BCUT2D eigenvalue weighted by Crippen LogP contribution is 2.61. The lowest BCUT2D eigenvalue weighted by molar-refractivity contribution is -0.584. The van der Waals surface area contributed by atoms with Gasteiger partial charge >= 0.3 is 18.0 Å². The molecule has 4 aliphatic carbocycles. The number of ether oxygens (including phenoxy) is 13. The first-order chi connectivity index (χ1) is 43.9. The standard InChI is InChI=1S/C67H96N2O24/c1-30-14-18-47(88-54-28-65(11,69(79)80)60(38(9)86-54)68-64(78)81-13)31(2)23-43-45(73)24-40(29-70)27-67(43)62(76)55(63(77)93-67)61(75)66(12)42(30)16-15-41-56(66)32(3)22-33(4)57(41)92-53-26-49(59(37(8)85-53)87-39(10)71)90-50-21-19-48(35(6)83-50)89-52-25-46(74)58(36(7)84-52)91-51-20-17-44(72)34(5)82-51/h14-16,23-24,29,32-38,41-54,56-60,72-75H,17-22,25-28H2,1-13H3,(H,68,78)/b30-14+,31-23+,61-55-/t32-,33-,34?,35?,36?,37?,38?,41-,42-,43+,44?,45-,46?,47-,48?,49?,50?,51?,52?,53?,54?,56+,57-,58?,59?,60?,65?,66+,67-/m0/s1. The van der Waals surface area contributed by atoms with Crippen molar-refractivity contribution < 1.29 is 111 Å². The number of fused-ring (bicyclic) bond motifs is 4. The number of aliphatic hydroxyl groups excluding tert-OH is 4. The minimum atomic E-state index is -2.20. The molecule has 7 fully saturated rings. The van der Waals surface area contributed by atoms with Crippen LogP contribution in [0.5, 0.6) is 0 Å². The molecular weight excluding hydrogens is 1220 g/mol. The van der Waals surface area contributed by atoms with Crippen LogP contribution in [0.4, 0.5) is 4.79 Å². The number of hydrogen-bond donors (Lipinski definition) is 5. The summed E-state index contributed by atoms with van der Waals surface area (Å²) in [6.07, 6.45) is -4.21. The Morgan fingerprint density at radius 2 is 1.35 bits per heavy atom. The van der Waals surface area contributed by atoms with Gasteiger partial charge in [-0.05, 0) is 109 Å². The molecule has 1 saturated carbocycles. The van der Waals surface area contributed by atoms with Gasteiger partial charge in [-0.15, -0.1) is 0 Å². The van der Waals surface area contributed by atoms with E-state index in [1.54, 1.807) is 33.8 Å². The van der Waals surface area contributed by atoms with Crippen LogP contribution >= 0.6 is 0 Å². The molecule has 26 nitrogen and oxygen atoms in total. The zero-order chi connectivity index (χ0) is 67.5. The molecule has 6 saturated heterocycles. The maximum absolute atomic E-state index is 15.6. The first-order valence-electron chi connectivity index (χ1n) is 33.1. The summed E-state index contributed by atoms with van der Waals surface area (Å²) in [5.41, 5.74) is -4.91. The van der Waals surface area contributed by atoms with E-state index in [0.29, 0.717) is 49.5 Å². The quantitative estimate of drug-likeness (QED) is 0.0240. The Hall–Kier alpha value is -5.07. The van der Waals surface area contributed by atoms with Gasteiger partial charge in [-0.25, -0.2) is 9.59 Å². The van der Waals surface area contributed by atoms with Crippen molar-refractivity contribution in [2.24, 2.45) is 40.9 Å². The normalized spacial score (nSPS) is 48.2. The Labute approximate surface area is 542 Å². The fourth-order valence-electron chi connectivity index (χ4n) is 16.9. The third-order valence-corrected chi connectivity index (χ3v) is 21.7. The molecule has 29 atom stereocenters. The van der Waals surface area contributed by atoms with Gasteiger partial charge in [0.05, 0.1) is 86.6 Å². The zero-order valence-electron chi connectivity index (χ0n) is 55.4. The van der Waals surface area contributed by atoms with Crippen molar-refractivity contribution in [1.29, 1.82) is 0 Å². The van der Waals surface area contributed by atoms with E-state index in [0.717, 1.165) is 7.11 Å². The van der Waals surface area contributed by atoms with Crippen molar-refractivity contribution in [1.82, 2.24) is 5.32 Å². The highest BCUT2D eigenvalue weighted by atomic mass is 16.8. The van der Waals surface area contributed by atoms with E-state index < -0.39 is 210 Å². The number of carbonyl (C=O) groups is 5. The van der Waals surface area contributed by atoms with Crippen LogP contribution < -0.4 is 5.32 Å². The molecule has 10 aliphatic rings. The van der Waals surface area contributed by atoms with Crippen molar-refractivity contribution >= 4 is 30.1 Å². The number of rotatable bonds is 14. The van der Waals surface area contributed by atoms with Crippen LogP contribution in [0, 0.1) is 51.0 Å². The van der Waals surface area contributed by atoms with Gasteiger partial charge in [0.25, 0.3) is 0 Å². The number of aliphatic hydroxyl groups is 4. The smallest absolute Gasteiger partial charge is 0.407 e. The molecule has 10 rings (SSSR count). The van der Waals surface area contributed by atoms with Crippen molar-refractivity contribution in [3.8, 4) is 0 Å². The lowest BCUT2D eigenvalue weighted by atomic mass is 9.49. The van der Waals surface area contributed by atoms with Crippen LogP contribution in [0.2, 0.25) is 0 Å². The maximum Gasteiger partial charge on any atom is 0.407 e. The zero-order valence-corrected chi connectivity index (χ0v) is 55.4. The van der Waals surface area contributed by atoms with E-state index in [2.05, 4.69) is 25.2 Å². The molecule has 518 valence electrons. The molecule has 0 aromatic rings. The molecule has 6 aliphatic heterocycles. The Balaban J connectivity index is 0.904. The Morgan fingerprint density at radius 3 is 2.01 bits per heavy atom. The number of allylic oxidation sites excluding steroid dienone is 3. The van der Waals surface area contributed by atoms with Gasteiger partial charge in [0.15, 0.2) is 43.2 Å². The third-order valence-electron chi connectivity index (χ3n) is 21.7. The van der Waals surface area contributed by atoms with E-state index >= 15 is 4.79 Å². The fourth-order valence-corrected chi connectivity index (χ4v) is 16.9. The number of nitro groups is 1. The number of alkyl carbamates (subject to hydrolysis) is 1. The lowest BCUT2D eigenvalue weighted by Gasteiger charge is -2.56. The molecule has 2 bridgehead atoms. The van der Waals surface area contributed by atoms with Crippen LogP contribution in [0.15, 0.2) is 58.4 Å². The van der Waals surface area contributed by atoms with Crippen LogP contribution in [-0.2, 0) is 80.8 Å². The molecule has 0 aromatic heterocycles. The molecule has 0 radical (unpaired) electrons. The summed E-state index contributed by atoms with van der Waals surface area (Å²) < 4.78 is 81.5. The number of methoxy groups -OCH3 is 1. The summed E-state index contributed by atoms with van der Waals surface area (Å²) in [5.74, 6) is -6.46. The SMILES string of the molecule is COC(=O)NC1C(C)OC(O[C@H]2C/C=C(\C)[C@@H]3C=C[C@@H]4[C@@H](OC5CC(OC6CCC(OC7CC(O)C(OC8CCC(O)C(C)O8)C(C)O7)C(C)O6)C(OC(C)=O)C(C)O5)[C@@H](C)C[C@H](C)[C@H]4[C@]3(C)/C(O)=C3/C(=O)O[C@]4(CC(C=O)=C[C@H](O)[C@H]4/C=C/2C)C3=O)CC1(C)[N+](=O)[O-]. The topological polar surface area (TPSA) is 341 Å². The number of ketones is 1. The Kier molecular flexibility index (Phi) is 21.4.